The topological polar surface area (TPSA) is 147 Å². The number of hydrogen-bond donors (Lipinski definition) is 2. The van der Waals surface area contributed by atoms with Crippen molar-refractivity contribution in [1.29, 1.82) is 0 Å². The smallest absolute Gasteiger partial charge is 0.417 e. The Morgan fingerprint density at radius 3 is 2.54 bits per heavy atom. The molecule has 2 fully saturated rings. The van der Waals surface area contributed by atoms with Crippen LogP contribution in [0.2, 0.25) is 0 Å². The number of hydrogen-bond acceptors (Lipinski definition) is 8. The van der Waals surface area contributed by atoms with Crippen LogP contribution in [0.1, 0.15) is 54.0 Å². The van der Waals surface area contributed by atoms with E-state index in [-0.39, 0.29) is 31.3 Å². The quantitative estimate of drug-likeness (QED) is 0.321. The van der Waals surface area contributed by atoms with Gasteiger partial charge in [0.2, 0.25) is 0 Å². The summed E-state index contributed by atoms with van der Waals surface area (Å²) < 4.78 is 17.1. The second-order valence-corrected chi connectivity index (χ2v) is 12.3. The van der Waals surface area contributed by atoms with E-state index < -0.39 is 29.6 Å². The van der Waals surface area contributed by atoms with Crippen LogP contribution in [0.15, 0.2) is 70.0 Å². The zero-order valence-corrected chi connectivity index (χ0v) is 25.5. The first kappa shape index (κ1) is 29.6. The number of aromatic nitrogens is 2. The number of carbonyl (C=O) groups excluding carboxylic acids is 3. The number of pyridine rings is 1. The Hall–Kier alpha value is -5.13. The summed E-state index contributed by atoms with van der Waals surface area (Å²) in [4.78, 5) is 62.3. The lowest BCUT2D eigenvalue weighted by Crippen LogP contribution is -2.51. The number of aromatic amines is 1. The molecule has 3 amide bonds. The summed E-state index contributed by atoms with van der Waals surface area (Å²) in [5.74, 6) is -0.575. The van der Waals surface area contributed by atoms with Crippen LogP contribution in [-0.4, -0.2) is 70.1 Å². The van der Waals surface area contributed by atoms with Crippen LogP contribution < -0.4 is 11.1 Å². The maximum Gasteiger partial charge on any atom is 0.417 e. The van der Waals surface area contributed by atoms with Gasteiger partial charge in [-0.25, -0.2) is 14.4 Å². The number of benzene rings is 2. The molecule has 2 aromatic heterocycles. The van der Waals surface area contributed by atoms with E-state index in [1.807, 2.05) is 55.5 Å². The summed E-state index contributed by atoms with van der Waals surface area (Å²) in [6.07, 6.45) is 2.00. The molecule has 1 spiro atoms. The summed E-state index contributed by atoms with van der Waals surface area (Å²) in [6.45, 7) is 3.46. The van der Waals surface area contributed by atoms with Crippen molar-refractivity contribution in [1.82, 2.24) is 19.8 Å². The first-order chi connectivity index (χ1) is 22.3. The van der Waals surface area contributed by atoms with Crippen LogP contribution in [0.3, 0.4) is 0 Å². The van der Waals surface area contributed by atoms with E-state index >= 15 is 0 Å². The minimum Gasteiger partial charge on any atom is -0.438 e. The number of carbonyl (C=O) groups is 3. The van der Waals surface area contributed by atoms with Gasteiger partial charge in [0.25, 0.3) is 5.91 Å². The molecule has 238 valence electrons. The molecular formula is C34H35N5O7. The molecule has 12 heteroatoms. The number of aryl methyl sites for hydroxylation is 1. The largest absolute Gasteiger partial charge is 0.438 e. The number of rotatable bonds is 5. The fraction of sp³-hybridized carbons (Fsp3) is 0.382. The summed E-state index contributed by atoms with van der Waals surface area (Å²) in [7, 11) is 0. The number of fused-ring (bicyclic) bond motifs is 3. The number of oxazole rings is 1. The molecule has 7 rings (SSSR count). The van der Waals surface area contributed by atoms with Gasteiger partial charge in [-0.3, -0.25) is 20.1 Å². The van der Waals surface area contributed by atoms with E-state index in [0.717, 1.165) is 29.7 Å². The molecule has 3 aliphatic rings. The second-order valence-electron chi connectivity index (χ2n) is 12.3. The molecule has 2 N–H and O–H groups in total. The monoisotopic (exact) mass is 625 g/mol. The van der Waals surface area contributed by atoms with Crippen LogP contribution in [0.4, 0.5) is 15.3 Å². The Labute approximate surface area is 264 Å². The van der Waals surface area contributed by atoms with Gasteiger partial charge in [-0.05, 0) is 55.2 Å². The summed E-state index contributed by atoms with van der Waals surface area (Å²) in [5.41, 5.74) is 4.22. The minimum atomic E-state index is -1.09. The van der Waals surface area contributed by atoms with Crippen molar-refractivity contribution in [3.05, 3.63) is 93.7 Å². The maximum absolute atomic E-state index is 14.0. The van der Waals surface area contributed by atoms with Gasteiger partial charge in [0.15, 0.2) is 11.7 Å². The Morgan fingerprint density at radius 1 is 1.02 bits per heavy atom. The van der Waals surface area contributed by atoms with Crippen molar-refractivity contribution in [2.24, 2.45) is 0 Å². The third-order valence-electron chi connectivity index (χ3n) is 9.41. The Balaban J connectivity index is 1.08. The predicted octanol–water partition coefficient (Wildman–Crippen LogP) is 4.83. The van der Waals surface area contributed by atoms with Gasteiger partial charge >= 0.3 is 17.9 Å². The number of para-hydroxylation sites is 1. The van der Waals surface area contributed by atoms with Gasteiger partial charge in [-0.2, -0.15) is 0 Å². The minimum absolute atomic E-state index is 0.116. The zero-order valence-electron chi connectivity index (χ0n) is 25.5. The molecule has 0 aliphatic carbocycles. The number of nitrogens with one attached hydrogen (secondary N) is 2. The number of nitrogens with zero attached hydrogens (tertiary/aromatic N) is 3. The fourth-order valence-corrected chi connectivity index (χ4v) is 7.00. The molecule has 0 saturated carbocycles. The van der Waals surface area contributed by atoms with E-state index in [0.29, 0.717) is 48.3 Å². The van der Waals surface area contributed by atoms with Crippen LogP contribution in [0, 0.1) is 6.92 Å². The zero-order chi connectivity index (χ0) is 31.8. The summed E-state index contributed by atoms with van der Waals surface area (Å²) in [5, 5.41) is 2.75. The highest BCUT2D eigenvalue weighted by Gasteiger charge is 2.45. The number of H-pyrrole nitrogens is 1. The molecule has 2 saturated heterocycles. The number of likely N-dealkylation sites (tertiary alicyclic amines) is 2. The van der Waals surface area contributed by atoms with E-state index in [1.54, 1.807) is 22.1 Å². The van der Waals surface area contributed by atoms with Gasteiger partial charge in [0, 0.05) is 68.8 Å². The van der Waals surface area contributed by atoms with Crippen LogP contribution in [0.25, 0.3) is 11.1 Å². The van der Waals surface area contributed by atoms with Crippen molar-refractivity contribution in [2.75, 3.05) is 31.5 Å². The number of piperidine rings is 2. The molecule has 1 unspecified atom stereocenters. The highest BCUT2D eigenvalue weighted by atomic mass is 16.6. The van der Waals surface area contributed by atoms with Gasteiger partial charge in [-0.15, -0.1) is 0 Å². The van der Waals surface area contributed by atoms with Gasteiger partial charge in [0.1, 0.15) is 5.60 Å². The Bertz CT molecular complexity index is 1840. The first-order valence-corrected chi connectivity index (χ1v) is 15.7. The normalized spacial score (nSPS) is 18.5. The third kappa shape index (κ3) is 5.70. The van der Waals surface area contributed by atoms with Crippen molar-refractivity contribution < 1.29 is 28.3 Å². The molecule has 0 bridgehead atoms. The maximum atomic E-state index is 14.0. The molecule has 2 aromatic carbocycles. The third-order valence-corrected chi connectivity index (χ3v) is 9.41. The van der Waals surface area contributed by atoms with Gasteiger partial charge < -0.3 is 23.7 Å². The van der Waals surface area contributed by atoms with Gasteiger partial charge in [0.05, 0.1) is 11.2 Å². The number of ether oxygens (including phenoxy) is 2. The van der Waals surface area contributed by atoms with E-state index in [4.69, 9.17) is 13.9 Å². The van der Waals surface area contributed by atoms with Crippen LogP contribution in [0.5, 0.6) is 0 Å². The fourth-order valence-electron chi connectivity index (χ4n) is 7.00. The molecule has 3 aliphatic heterocycles. The predicted molar refractivity (Wildman–Crippen MR) is 167 cm³/mol. The lowest BCUT2D eigenvalue weighted by Gasteiger charge is -2.44. The molecule has 0 radical (unpaired) electrons. The van der Waals surface area contributed by atoms with Crippen molar-refractivity contribution in [3.63, 3.8) is 0 Å². The van der Waals surface area contributed by atoms with E-state index in [1.165, 1.54) is 0 Å². The van der Waals surface area contributed by atoms with Crippen molar-refractivity contribution in [3.8, 4) is 0 Å². The van der Waals surface area contributed by atoms with Crippen molar-refractivity contribution in [2.45, 2.75) is 56.7 Å². The first-order valence-electron chi connectivity index (χ1n) is 15.7. The summed E-state index contributed by atoms with van der Waals surface area (Å²) >= 11 is 0. The van der Waals surface area contributed by atoms with E-state index in [9.17, 15) is 19.2 Å². The van der Waals surface area contributed by atoms with E-state index in [2.05, 4.69) is 15.3 Å². The molecule has 4 aromatic rings. The second kappa shape index (κ2) is 12.0. The van der Waals surface area contributed by atoms with Crippen LogP contribution in [-0.2, 0) is 26.3 Å². The molecule has 12 nitrogen and oxygen atoms in total. The standard InChI is InChI=1S/C34H35N5O7/c1-21-18-22(19-27-29(21)37-31(41)44-27)20-28(30(40)38-14-9-23(10-15-38)25-7-4-5-13-35-25)45-33(43)39-16-11-34(12-17-39)24-6-2-3-8-26(24)36-32(42)46-34/h2-8,13,18-19,23,28H,9-12,14-17,20H2,1H3,(H,36,42)(H,37,41). The lowest BCUT2D eigenvalue weighted by molar-refractivity contribution is -0.142. The Morgan fingerprint density at radius 2 is 1.78 bits per heavy atom. The average Bonchev–Trinajstić information content (AvgIpc) is 3.45. The molecular weight excluding hydrogens is 590 g/mol. The van der Waals surface area contributed by atoms with Crippen molar-refractivity contribution >= 4 is 34.9 Å². The SMILES string of the molecule is Cc1cc(CC(OC(=O)N2CCC3(CC2)OC(=O)Nc2ccccc23)C(=O)N2CCC(c3ccccn3)CC2)cc2oc(=O)[nH]c12. The molecule has 46 heavy (non-hydrogen) atoms. The average molecular weight is 626 g/mol. The molecule has 1 atom stereocenters. The lowest BCUT2D eigenvalue weighted by atomic mass is 9.82. The number of amides is 3. The highest BCUT2D eigenvalue weighted by molar-refractivity contribution is 5.89. The van der Waals surface area contributed by atoms with Gasteiger partial charge in [-0.1, -0.05) is 30.3 Å². The molecule has 5 heterocycles. The highest BCUT2D eigenvalue weighted by Crippen LogP contribution is 2.43. The van der Waals surface area contributed by atoms with Crippen LogP contribution >= 0.6 is 0 Å². The number of anilines is 1. The Kier molecular flexibility index (Phi) is 7.71. The summed E-state index contributed by atoms with van der Waals surface area (Å²) in [6, 6.07) is 17.0.